The molecule has 2 aromatic rings. The van der Waals surface area contributed by atoms with Gasteiger partial charge in [-0.3, -0.25) is 0 Å². The van der Waals surface area contributed by atoms with E-state index in [9.17, 15) is 17.6 Å². The van der Waals surface area contributed by atoms with Crippen LogP contribution in [0.1, 0.15) is 68.1 Å². The monoisotopic (exact) mass is 394 g/mol. The van der Waals surface area contributed by atoms with E-state index >= 15 is 0 Å². The van der Waals surface area contributed by atoms with Gasteiger partial charge < -0.3 is 4.74 Å². The maximum Gasteiger partial charge on any atom is 0.200 e. The summed E-state index contributed by atoms with van der Waals surface area (Å²) < 4.78 is 62.6. The molecule has 1 fully saturated rings. The molecule has 1 aliphatic carbocycles. The molecule has 28 heavy (non-hydrogen) atoms. The molecular formula is C23H26F4O. The molecular weight excluding hydrogens is 368 g/mol. The number of hydrogen-bond acceptors (Lipinski definition) is 1. The predicted molar refractivity (Wildman–Crippen MR) is 102 cm³/mol. The summed E-state index contributed by atoms with van der Waals surface area (Å²) in [6.07, 6.45) is 5.84. The zero-order valence-electron chi connectivity index (χ0n) is 16.2. The Bertz CT molecular complexity index is 813. The normalized spacial score (nSPS) is 15.0. The second-order valence-corrected chi connectivity index (χ2v) is 7.48. The molecule has 0 atom stereocenters. The number of hydrogen-bond donors (Lipinski definition) is 0. The van der Waals surface area contributed by atoms with Gasteiger partial charge in [-0.05, 0) is 60.8 Å². The van der Waals surface area contributed by atoms with Crippen LogP contribution >= 0.6 is 0 Å². The molecule has 0 aliphatic heterocycles. The van der Waals surface area contributed by atoms with Gasteiger partial charge in [-0.2, -0.15) is 4.39 Å². The number of aryl methyl sites for hydroxylation is 2. The SMILES string of the molecule is CCCOc1ccc(CCc2ccc(C3CCCCC3)c(F)c2F)c(F)c1F. The van der Waals surface area contributed by atoms with E-state index in [1.165, 1.54) is 12.1 Å². The Hall–Kier alpha value is -2.04. The Morgan fingerprint density at radius 1 is 0.786 bits per heavy atom. The zero-order chi connectivity index (χ0) is 20.1. The fraction of sp³-hybridized carbons (Fsp3) is 0.478. The highest BCUT2D eigenvalue weighted by Crippen LogP contribution is 2.35. The highest BCUT2D eigenvalue weighted by atomic mass is 19.2. The van der Waals surface area contributed by atoms with Crippen LogP contribution in [0.15, 0.2) is 24.3 Å². The van der Waals surface area contributed by atoms with Crippen LogP contribution in [0.25, 0.3) is 0 Å². The van der Waals surface area contributed by atoms with E-state index in [1.54, 1.807) is 12.1 Å². The minimum atomic E-state index is -1.04. The average molecular weight is 394 g/mol. The molecule has 0 bridgehead atoms. The minimum Gasteiger partial charge on any atom is -0.490 e. The first-order valence-corrected chi connectivity index (χ1v) is 10.1. The highest BCUT2D eigenvalue weighted by Gasteiger charge is 2.23. The fourth-order valence-electron chi connectivity index (χ4n) is 3.88. The smallest absolute Gasteiger partial charge is 0.200 e. The van der Waals surface area contributed by atoms with Crippen LogP contribution in [0.5, 0.6) is 5.75 Å². The first kappa shape index (κ1) is 20.7. The molecule has 0 amide bonds. The molecule has 2 aromatic carbocycles. The van der Waals surface area contributed by atoms with E-state index in [1.807, 2.05) is 6.92 Å². The number of rotatable bonds is 7. The molecule has 0 heterocycles. The van der Waals surface area contributed by atoms with Crippen LogP contribution in [0, 0.1) is 23.3 Å². The molecule has 0 unspecified atom stereocenters. The molecule has 0 N–H and O–H groups in total. The molecule has 0 spiro atoms. The van der Waals surface area contributed by atoms with Crippen molar-refractivity contribution in [3.8, 4) is 5.75 Å². The molecule has 3 rings (SSSR count). The van der Waals surface area contributed by atoms with Crippen LogP contribution in [0.3, 0.4) is 0 Å². The van der Waals surface area contributed by atoms with Crippen molar-refractivity contribution in [3.63, 3.8) is 0 Å². The van der Waals surface area contributed by atoms with Gasteiger partial charge >= 0.3 is 0 Å². The van der Waals surface area contributed by atoms with Gasteiger partial charge in [-0.25, -0.2) is 13.2 Å². The third-order valence-corrected chi connectivity index (χ3v) is 5.49. The maximum atomic E-state index is 14.6. The second-order valence-electron chi connectivity index (χ2n) is 7.48. The van der Waals surface area contributed by atoms with Gasteiger partial charge in [0.2, 0.25) is 5.82 Å². The van der Waals surface area contributed by atoms with Gasteiger partial charge in [0.05, 0.1) is 6.61 Å². The van der Waals surface area contributed by atoms with E-state index in [0.717, 1.165) is 32.1 Å². The van der Waals surface area contributed by atoms with Crippen molar-refractivity contribution in [2.75, 3.05) is 6.61 Å². The van der Waals surface area contributed by atoms with Gasteiger partial charge in [-0.15, -0.1) is 0 Å². The van der Waals surface area contributed by atoms with E-state index in [0.29, 0.717) is 18.6 Å². The van der Waals surface area contributed by atoms with Crippen molar-refractivity contribution >= 4 is 0 Å². The van der Waals surface area contributed by atoms with Crippen molar-refractivity contribution < 1.29 is 22.3 Å². The van der Waals surface area contributed by atoms with Crippen molar-refractivity contribution in [1.29, 1.82) is 0 Å². The molecule has 1 aliphatic rings. The van der Waals surface area contributed by atoms with Crippen molar-refractivity contribution in [2.45, 2.75) is 64.2 Å². The molecule has 0 saturated heterocycles. The lowest BCUT2D eigenvalue weighted by atomic mass is 9.83. The first-order chi connectivity index (χ1) is 13.5. The molecule has 152 valence electrons. The molecule has 1 saturated carbocycles. The van der Waals surface area contributed by atoms with Crippen molar-refractivity contribution in [2.24, 2.45) is 0 Å². The summed E-state index contributed by atoms with van der Waals surface area (Å²) in [6, 6.07) is 6.05. The summed E-state index contributed by atoms with van der Waals surface area (Å²) in [7, 11) is 0. The quantitative estimate of drug-likeness (QED) is 0.466. The first-order valence-electron chi connectivity index (χ1n) is 10.1. The van der Waals surface area contributed by atoms with Gasteiger partial charge in [-0.1, -0.05) is 44.4 Å². The zero-order valence-corrected chi connectivity index (χ0v) is 16.2. The molecule has 1 nitrogen and oxygen atoms in total. The van der Waals surface area contributed by atoms with E-state index < -0.39 is 23.3 Å². The lowest BCUT2D eigenvalue weighted by molar-refractivity contribution is 0.294. The van der Waals surface area contributed by atoms with Crippen LogP contribution in [-0.2, 0) is 12.8 Å². The second kappa shape index (κ2) is 9.44. The van der Waals surface area contributed by atoms with Crippen LogP contribution in [0.2, 0.25) is 0 Å². The number of benzene rings is 2. The van der Waals surface area contributed by atoms with Gasteiger partial charge in [0.1, 0.15) is 0 Å². The summed E-state index contributed by atoms with van der Waals surface area (Å²) in [4.78, 5) is 0. The minimum absolute atomic E-state index is 0.0690. The Labute approximate surface area is 163 Å². The highest BCUT2D eigenvalue weighted by molar-refractivity contribution is 5.33. The van der Waals surface area contributed by atoms with Crippen LogP contribution in [0.4, 0.5) is 17.6 Å². The third-order valence-electron chi connectivity index (χ3n) is 5.49. The Morgan fingerprint density at radius 3 is 2.04 bits per heavy atom. The number of ether oxygens (including phenoxy) is 1. The van der Waals surface area contributed by atoms with Gasteiger partial charge in [0.15, 0.2) is 23.2 Å². The van der Waals surface area contributed by atoms with Crippen LogP contribution in [-0.4, -0.2) is 6.61 Å². The summed E-state index contributed by atoms with van der Waals surface area (Å²) in [5.74, 6) is -3.75. The summed E-state index contributed by atoms with van der Waals surface area (Å²) in [6.45, 7) is 2.17. The Balaban J connectivity index is 1.72. The Kier molecular flexibility index (Phi) is 6.97. The van der Waals surface area contributed by atoms with E-state index in [-0.39, 0.29) is 35.6 Å². The van der Waals surface area contributed by atoms with Gasteiger partial charge in [0.25, 0.3) is 0 Å². The largest absolute Gasteiger partial charge is 0.490 e. The lowest BCUT2D eigenvalue weighted by Gasteiger charge is -2.23. The van der Waals surface area contributed by atoms with E-state index in [4.69, 9.17) is 4.74 Å². The maximum absolute atomic E-state index is 14.6. The predicted octanol–water partition coefficient (Wildman–Crippen LogP) is 6.86. The lowest BCUT2D eigenvalue weighted by Crippen LogP contribution is -2.09. The van der Waals surface area contributed by atoms with Crippen LogP contribution < -0.4 is 4.74 Å². The van der Waals surface area contributed by atoms with E-state index in [2.05, 4.69) is 0 Å². The summed E-state index contributed by atoms with van der Waals surface area (Å²) in [5, 5.41) is 0. The topological polar surface area (TPSA) is 9.23 Å². The third kappa shape index (κ3) is 4.50. The molecule has 0 radical (unpaired) electrons. The van der Waals surface area contributed by atoms with Crippen molar-refractivity contribution in [3.05, 3.63) is 64.2 Å². The number of halogens is 4. The van der Waals surface area contributed by atoms with Crippen molar-refractivity contribution in [1.82, 2.24) is 0 Å². The molecule has 0 aromatic heterocycles. The Morgan fingerprint density at radius 2 is 1.39 bits per heavy atom. The van der Waals surface area contributed by atoms with Gasteiger partial charge in [0, 0.05) is 0 Å². The summed E-state index contributed by atoms with van der Waals surface area (Å²) >= 11 is 0. The summed E-state index contributed by atoms with van der Waals surface area (Å²) in [5.41, 5.74) is 0.747. The average Bonchev–Trinajstić information content (AvgIpc) is 2.72. The fourth-order valence-corrected chi connectivity index (χ4v) is 3.88. The molecule has 5 heteroatoms. The standard InChI is InChI=1S/C23H26F4O/c1-2-14-28-19-13-11-17(21(25)23(19)27)9-8-16-10-12-18(22(26)20(16)24)15-6-4-3-5-7-15/h10-13,15H,2-9,14H2,1H3.